The molecule has 0 aliphatic heterocycles. The third kappa shape index (κ3) is 3.90. The van der Waals surface area contributed by atoms with Gasteiger partial charge in [-0.05, 0) is 42.9 Å². The van der Waals surface area contributed by atoms with E-state index in [0.29, 0.717) is 24.1 Å². The minimum Gasteiger partial charge on any atom is -0.398 e. The Morgan fingerprint density at radius 1 is 1.33 bits per heavy atom. The molecule has 0 amide bonds. The summed E-state index contributed by atoms with van der Waals surface area (Å²) >= 11 is 6.06. The van der Waals surface area contributed by atoms with Gasteiger partial charge in [0, 0.05) is 12.2 Å². The zero-order valence-electron chi connectivity index (χ0n) is 12.5. The zero-order valence-corrected chi connectivity index (χ0v) is 14.1. The van der Waals surface area contributed by atoms with E-state index < -0.39 is 10.0 Å². The Morgan fingerprint density at radius 3 is 2.67 bits per heavy atom. The smallest absolute Gasteiger partial charge is 0.242 e. The van der Waals surface area contributed by atoms with E-state index in [1.54, 1.807) is 13.0 Å². The number of nitrogen functional groups attached to an aromatic ring is 1. The van der Waals surface area contributed by atoms with Crippen LogP contribution in [0.1, 0.15) is 38.2 Å². The average Bonchev–Trinajstić information content (AvgIpc) is 2.42. The van der Waals surface area contributed by atoms with Crippen LogP contribution >= 0.6 is 11.6 Å². The highest BCUT2D eigenvalue weighted by Crippen LogP contribution is 2.30. The number of halogens is 1. The molecule has 1 aliphatic carbocycles. The van der Waals surface area contributed by atoms with Crippen molar-refractivity contribution in [2.45, 2.75) is 44.4 Å². The lowest BCUT2D eigenvalue weighted by molar-refractivity contribution is 0.257. The van der Waals surface area contributed by atoms with Crippen molar-refractivity contribution in [1.29, 1.82) is 0 Å². The van der Waals surface area contributed by atoms with Gasteiger partial charge in [-0.25, -0.2) is 13.1 Å². The molecule has 0 radical (unpaired) electrons. The van der Waals surface area contributed by atoms with Gasteiger partial charge < -0.3 is 5.73 Å². The molecular weight excluding hydrogens is 308 g/mol. The molecule has 0 heterocycles. The summed E-state index contributed by atoms with van der Waals surface area (Å²) < 4.78 is 27.5. The molecule has 1 aromatic carbocycles. The van der Waals surface area contributed by atoms with E-state index in [-0.39, 0.29) is 9.92 Å². The Kier molecular flexibility index (Phi) is 5.17. The van der Waals surface area contributed by atoms with Gasteiger partial charge in [-0.3, -0.25) is 0 Å². The second kappa shape index (κ2) is 6.55. The summed E-state index contributed by atoms with van der Waals surface area (Å²) in [5.74, 6) is 0.954. The minimum atomic E-state index is -3.61. The first-order valence-corrected chi connectivity index (χ1v) is 9.22. The van der Waals surface area contributed by atoms with Crippen molar-refractivity contribution in [1.82, 2.24) is 4.72 Å². The fraction of sp³-hybridized carbons (Fsp3) is 0.600. The van der Waals surface area contributed by atoms with Crippen molar-refractivity contribution in [2.75, 3.05) is 12.3 Å². The molecule has 0 bridgehead atoms. The molecule has 118 valence electrons. The van der Waals surface area contributed by atoms with Gasteiger partial charge in [-0.1, -0.05) is 37.8 Å². The van der Waals surface area contributed by atoms with E-state index in [1.807, 2.05) is 0 Å². The molecule has 2 unspecified atom stereocenters. The average molecular weight is 331 g/mol. The molecule has 1 fully saturated rings. The van der Waals surface area contributed by atoms with E-state index in [4.69, 9.17) is 17.3 Å². The van der Waals surface area contributed by atoms with Gasteiger partial charge in [-0.15, -0.1) is 0 Å². The van der Waals surface area contributed by atoms with Gasteiger partial charge in [-0.2, -0.15) is 0 Å². The molecular formula is C15H23ClN2O2S. The molecule has 0 spiro atoms. The second-order valence-electron chi connectivity index (χ2n) is 6.01. The Bertz CT molecular complexity index is 616. The van der Waals surface area contributed by atoms with Crippen LogP contribution in [0.15, 0.2) is 17.0 Å². The number of hydrogen-bond acceptors (Lipinski definition) is 3. The first-order chi connectivity index (χ1) is 9.81. The summed E-state index contributed by atoms with van der Waals surface area (Å²) in [7, 11) is -3.61. The molecule has 0 saturated heterocycles. The summed E-state index contributed by atoms with van der Waals surface area (Å²) in [6, 6.07) is 3.03. The summed E-state index contributed by atoms with van der Waals surface area (Å²) in [5, 5.41) is 0.214. The third-order valence-corrected chi connectivity index (χ3v) is 6.32. The standard InChI is InChI=1S/C15H23ClN2O2S/c1-10-5-3-4-6-12(10)9-18-21(19,20)15-8-14(17)11(2)7-13(15)16/h7-8,10,12,18H,3-6,9,17H2,1-2H3. The lowest BCUT2D eigenvalue weighted by Crippen LogP contribution is -2.33. The van der Waals surface area contributed by atoms with Crippen LogP contribution in [0.2, 0.25) is 5.02 Å². The van der Waals surface area contributed by atoms with Crippen molar-refractivity contribution < 1.29 is 8.42 Å². The highest BCUT2D eigenvalue weighted by Gasteiger charge is 2.25. The first-order valence-electron chi connectivity index (χ1n) is 7.36. The Morgan fingerprint density at radius 2 is 2.00 bits per heavy atom. The third-order valence-electron chi connectivity index (χ3n) is 4.43. The van der Waals surface area contributed by atoms with Crippen molar-refractivity contribution in [3.05, 3.63) is 22.7 Å². The van der Waals surface area contributed by atoms with Crippen LogP contribution in [0.3, 0.4) is 0 Å². The van der Waals surface area contributed by atoms with Crippen molar-refractivity contribution in [2.24, 2.45) is 11.8 Å². The van der Waals surface area contributed by atoms with Crippen LogP contribution in [-0.4, -0.2) is 15.0 Å². The normalized spacial score (nSPS) is 23.2. The largest absolute Gasteiger partial charge is 0.398 e. The maximum Gasteiger partial charge on any atom is 0.242 e. The van der Waals surface area contributed by atoms with Crippen molar-refractivity contribution >= 4 is 27.3 Å². The van der Waals surface area contributed by atoms with Crippen LogP contribution in [0, 0.1) is 18.8 Å². The summed E-state index contributed by atoms with van der Waals surface area (Å²) in [4.78, 5) is 0.0655. The van der Waals surface area contributed by atoms with Crippen LogP contribution in [0.4, 0.5) is 5.69 Å². The lowest BCUT2D eigenvalue weighted by atomic mass is 9.81. The maximum absolute atomic E-state index is 12.4. The molecule has 1 aromatic rings. The van der Waals surface area contributed by atoms with E-state index in [9.17, 15) is 8.42 Å². The molecule has 21 heavy (non-hydrogen) atoms. The molecule has 6 heteroatoms. The van der Waals surface area contributed by atoms with Gasteiger partial charge in [0.15, 0.2) is 0 Å². The Labute approximate surface area is 132 Å². The lowest BCUT2D eigenvalue weighted by Gasteiger charge is -2.28. The molecule has 2 rings (SSSR count). The van der Waals surface area contributed by atoms with E-state index in [1.165, 1.54) is 25.3 Å². The predicted molar refractivity (Wildman–Crippen MR) is 86.9 cm³/mol. The highest BCUT2D eigenvalue weighted by atomic mass is 35.5. The molecule has 0 aromatic heterocycles. The van der Waals surface area contributed by atoms with Gasteiger partial charge in [0.2, 0.25) is 10.0 Å². The fourth-order valence-electron chi connectivity index (χ4n) is 2.87. The van der Waals surface area contributed by atoms with Crippen molar-refractivity contribution in [3.8, 4) is 0 Å². The Hall–Kier alpha value is -0.780. The maximum atomic E-state index is 12.4. The number of sulfonamides is 1. The number of nitrogens with two attached hydrogens (primary N) is 1. The van der Waals surface area contributed by atoms with E-state index in [2.05, 4.69) is 11.6 Å². The summed E-state index contributed by atoms with van der Waals surface area (Å²) in [5.41, 5.74) is 7.01. The van der Waals surface area contributed by atoms with Gasteiger partial charge in [0.25, 0.3) is 0 Å². The van der Waals surface area contributed by atoms with Gasteiger partial charge >= 0.3 is 0 Å². The second-order valence-corrected chi connectivity index (χ2v) is 8.16. The molecule has 1 aliphatic rings. The number of aryl methyl sites for hydroxylation is 1. The molecule has 1 saturated carbocycles. The number of rotatable bonds is 4. The monoisotopic (exact) mass is 330 g/mol. The molecule has 2 atom stereocenters. The quantitative estimate of drug-likeness (QED) is 0.832. The van der Waals surface area contributed by atoms with Crippen LogP contribution in [0.25, 0.3) is 0 Å². The first kappa shape index (κ1) is 16.6. The molecule has 4 nitrogen and oxygen atoms in total. The van der Waals surface area contributed by atoms with E-state index in [0.717, 1.165) is 12.0 Å². The minimum absolute atomic E-state index is 0.0655. The number of hydrogen-bond donors (Lipinski definition) is 2. The van der Waals surface area contributed by atoms with Crippen LogP contribution < -0.4 is 10.5 Å². The van der Waals surface area contributed by atoms with E-state index >= 15 is 0 Å². The zero-order chi connectivity index (χ0) is 15.6. The molecule has 3 N–H and O–H groups in total. The van der Waals surface area contributed by atoms with Crippen LogP contribution in [-0.2, 0) is 10.0 Å². The summed E-state index contributed by atoms with van der Waals surface area (Å²) in [6.45, 7) is 4.46. The Balaban J connectivity index is 2.13. The SMILES string of the molecule is Cc1cc(Cl)c(S(=O)(=O)NCC2CCCCC2C)cc1N. The summed E-state index contributed by atoms with van der Waals surface area (Å²) in [6.07, 6.45) is 4.66. The predicted octanol–water partition coefficient (Wildman–Crippen LogP) is 3.34. The fourth-order valence-corrected chi connectivity index (χ4v) is 4.57. The highest BCUT2D eigenvalue weighted by molar-refractivity contribution is 7.89. The van der Waals surface area contributed by atoms with Crippen LogP contribution in [0.5, 0.6) is 0 Å². The van der Waals surface area contributed by atoms with Gasteiger partial charge in [0.1, 0.15) is 4.90 Å². The number of nitrogens with one attached hydrogen (secondary N) is 1. The topological polar surface area (TPSA) is 72.2 Å². The number of anilines is 1. The number of benzene rings is 1. The van der Waals surface area contributed by atoms with Gasteiger partial charge in [0.05, 0.1) is 5.02 Å². The van der Waals surface area contributed by atoms with Crippen molar-refractivity contribution in [3.63, 3.8) is 0 Å².